The number of hydrogen-bond acceptors (Lipinski definition) is 4. The lowest BCUT2D eigenvalue weighted by molar-refractivity contribution is -0.147. The number of carbonyl (C=O) groups is 1. The first-order valence-electron chi connectivity index (χ1n) is 9.71. The number of rotatable bonds is 5. The summed E-state index contributed by atoms with van der Waals surface area (Å²) in [4.78, 5) is 18.9. The summed E-state index contributed by atoms with van der Waals surface area (Å²) >= 11 is 0. The van der Waals surface area contributed by atoms with Gasteiger partial charge in [0.15, 0.2) is 0 Å². The zero-order valence-corrected chi connectivity index (χ0v) is 15.1. The number of likely N-dealkylation sites (tertiary alicyclic amines) is 1. The van der Waals surface area contributed by atoms with Gasteiger partial charge in [0.05, 0.1) is 5.60 Å². The summed E-state index contributed by atoms with van der Waals surface area (Å²) in [5, 5.41) is 3.08. The van der Waals surface area contributed by atoms with Gasteiger partial charge in [0, 0.05) is 38.6 Å². The third-order valence-electron chi connectivity index (χ3n) is 6.20. The molecule has 5 nitrogen and oxygen atoms in total. The van der Waals surface area contributed by atoms with E-state index in [4.69, 9.17) is 4.74 Å². The van der Waals surface area contributed by atoms with Crippen molar-refractivity contribution in [3.63, 3.8) is 0 Å². The Kier molecular flexibility index (Phi) is 4.78. The van der Waals surface area contributed by atoms with Gasteiger partial charge < -0.3 is 10.1 Å². The van der Waals surface area contributed by atoms with E-state index in [9.17, 15) is 4.79 Å². The molecule has 1 aromatic rings. The largest absolute Gasteiger partial charge is 0.362 e. The Hall–Kier alpha value is -1.46. The van der Waals surface area contributed by atoms with E-state index in [0.29, 0.717) is 5.92 Å². The highest BCUT2D eigenvalue weighted by atomic mass is 16.5. The minimum absolute atomic E-state index is 0.101. The van der Waals surface area contributed by atoms with Crippen molar-refractivity contribution in [2.45, 2.75) is 57.3 Å². The molecule has 1 N–H and O–H groups in total. The van der Waals surface area contributed by atoms with Crippen molar-refractivity contribution in [1.29, 1.82) is 0 Å². The predicted octanol–water partition coefficient (Wildman–Crippen LogP) is 2.37. The van der Waals surface area contributed by atoms with Crippen LogP contribution in [0.15, 0.2) is 24.5 Å². The SMILES string of the molecule is C[C@H]1CN(Cc2ccncc2)CC[C@]12CCC(C(=O)NCC1CC1)O2. The first kappa shape index (κ1) is 17.0. The second-order valence-electron chi connectivity index (χ2n) is 8.14. The van der Waals surface area contributed by atoms with E-state index in [2.05, 4.69) is 34.3 Å². The van der Waals surface area contributed by atoms with Crippen molar-refractivity contribution < 1.29 is 9.53 Å². The normalized spacial score (nSPS) is 32.8. The molecular weight excluding hydrogens is 314 g/mol. The molecule has 25 heavy (non-hydrogen) atoms. The zero-order valence-electron chi connectivity index (χ0n) is 15.1. The van der Waals surface area contributed by atoms with Crippen LogP contribution in [-0.4, -0.2) is 47.1 Å². The summed E-state index contributed by atoms with van der Waals surface area (Å²) in [5.74, 6) is 1.27. The number of pyridine rings is 1. The lowest BCUT2D eigenvalue weighted by atomic mass is 9.80. The van der Waals surface area contributed by atoms with Gasteiger partial charge in [0.2, 0.25) is 5.91 Å². The maximum Gasteiger partial charge on any atom is 0.249 e. The first-order valence-corrected chi connectivity index (χ1v) is 9.71. The Bertz CT molecular complexity index is 604. The molecule has 1 aliphatic carbocycles. The molecule has 1 aromatic heterocycles. The van der Waals surface area contributed by atoms with Crippen molar-refractivity contribution in [2.24, 2.45) is 11.8 Å². The van der Waals surface area contributed by atoms with Gasteiger partial charge in [0.1, 0.15) is 6.10 Å². The van der Waals surface area contributed by atoms with Gasteiger partial charge in [-0.2, -0.15) is 0 Å². The van der Waals surface area contributed by atoms with E-state index in [1.807, 2.05) is 12.4 Å². The Morgan fingerprint density at radius 3 is 2.84 bits per heavy atom. The van der Waals surface area contributed by atoms with Gasteiger partial charge in [-0.15, -0.1) is 0 Å². The van der Waals surface area contributed by atoms with Crippen LogP contribution in [0.25, 0.3) is 0 Å². The number of amides is 1. The van der Waals surface area contributed by atoms with Crippen molar-refractivity contribution in [3.8, 4) is 0 Å². The average molecular weight is 343 g/mol. The molecule has 136 valence electrons. The quantitative estimate of drug-likeness (QED) is 0.892. The predicted molar refractivity (Wildman–Crippen MR) is 95.9 cm³/mol. The summed E-state index contributed by atoms with van der Waals surface area (Å²) in [6, 6.07) is 4.17. The molecule has 0 radical (unpaired) electrons. The zero-order chi connectivity index (χ0) is 17.3. The molecule has 2 saturated heterocycles. The number of piperidine rings is 1. The van der Waals surface area contributed by atoms with Crippen LogP contribution in [0.1, 0.15) is 44.6 Å². The number of carbonyl (C=O) groups excluding carboxylic acids is 1. The smallest absolute Gasteiger partial charge is 0.249 e. The number of nitrogens with one attached hydrogen (secondary N) is 1. The molecule has 1 unspecified atom stereocenters. The van der Waals surface area contributed by atoms with E-state index >= 15 is 0 Å². The molecule has 3 fully saturated rings. The van der Waals surface area contributed by atoms with E-state index in [1.165, 1.54) is 18.4 Å². The fourth-order valence-electron chi connectivity index (χ4n) is 4.32. The standard InChI is InChI=1S/C20H29N3O2/c1-15-13-23(14-17-5-9-21-10-6-17)11-8-20(15)7-4-18(25-20)19(24)22-12-16-2-3-16/h5-6,9-10,15-16,18H,2-4,7-8,11-14H2,1H3,(H,22,24)/t15-,18?,20+/m0/s1. The lowest BCUT2D eigenvalue weighted by Crippen LogP contribution is -2.51. The van der Waals surface area contributed by atoms with Gasteiger partial charge in [0.25, 0.3) is 0 Å². The summed E-state index contributed by atoms with van der Waals surface area (Å²) in [6.45, 7) is 6.14. The highest BCUT2D eigenvalue weighted by molar-refractivity contribution is 5.81. The first-order chi connectivity index (χ1) is 12.1. The summed E-state index contributed by atoms with van der Waals surface area (Å²) in [7, 11) is 0. The topological polar surface area (TPSA) is 54.5 Å². The van der Waals surface area contributed by atoms with E-state index < -0.39 is 0 Å². The Labute approximate surface area is 150 Å². The number of ether oxygens (including phenoxy) is 1. The molecule has 2 aliphatic heterocycles. The molecule has 3 heterocycles. The molecular formula is C20H29N3O2. The van der Waals surface area contributed by atoms with E-state index in [0.717, 1.165) is 51.4 Å². The van der Waals surface area contributed by atoms with Crippen LogP contribution in [0, 0.1) is 11.8 Å². The number of aromatic nitrogens is 1. The third kappa shape index (κ3) is 3.87. The molecule has 0 bridgehead atoms. The highest BCUT2D eigenvalue weighted by Gasteiger charge is 2.48. The summed E-state index contributed by atoms with van der Waals surface area (Å²) < 4.78 is 6.37. The van der Waals surface area contributed by atoms with Gasteiger partial charge in [-0.3, -0.25) is 14.7 Å². The van der Waals surface area contributed by atoms with Crippen LogP contribution < -0.4 is 5.32 Å². The second kappa shape index (κ2) is 7.04. The highest BCUT2D eigenvalue weighted by Crippen LogP contribution is 2.42. The lowest BCUT2D eigenvalue weighted by Gasteiger charge is -2.44. The van der Waals surface area contributed by atoms with Gasteiger partial charge >= 0.3 is 0 Å². The Balaban J connectivity index is 1.30. The Morgan fingerprint density at radius 2 is 2.12 bits per heavy atom. The average Bonchev–Trinajstić information content (AvgIpc) is 3.35. The Morgan fingerprint density at radius 1 is 1.32 bits per heavy atom. The van der Waals surface area contributed by atoms with Crippen LogP contribution in [0.3, 0.4) is 0 Å². The minimum atomic E-state index is -0.243. The molecule has 4 rings (SSSR count). The maximum atomic E-state index is 12.4. The van der Waals surface area contributed by atoms with Gasteiger partial charge in [-0.1, -0.05) is 6.92 Å². The van der Waals surface area contributed by atoms with Crippen molar-refractivity contribution in [2.75, 3.05) is 19.6 Å². The third-order valence-corrected chi connectivity index (χ3v) is 6.20. The van der Waals surface area contributed by atoms with E-state index in [-0.39, 0.29) is 17.6 Å². The molecule has 1 spiro atoms. The number of hydrogen-bond donors (Lipinski definition) is 1. The van der Waals surface area contributed by atoms with Crippen LogP contribution in [0.2, 0.25) is 0 Å². The molecule has 1 saturated carbocycles. The van der Waals surface area contributed by atoms with Crippen LogP contribution >= 0.6 is 0 Å². The molecule has 5 heteroatoms. The van der Waals surface area contributed by atoms with E-state index in [1.54, 1.807) is 0 Å². The second-order valence-corrected chi connectivity index (χ2v) is 8.14. The van der Waals surface area contributed by atoms with Crippen molar-refractivity contribution in [1.82, 2.24) is 15.2 Å². The minimum Gasteiger partial charge on any atom is -0.362 e. The van der Waals surface area contributed by atoms with Crippen LogP contribution in [0.4, 0.5) is 0 Å². The van der Waals surface area contributed by atoms with Gasteiger partial charge in [-0.05, 0) is 61.6 Å². The molecule has 3 aliphatic rings. The summed E-state index contributed by atoms with van der Waals surface area (Å²) in [5.41, 5.74) is 1.21. The van der Waals surface area contributed by atoms with Crippen LogP contribution in [-0.2, 0) is 16.1 Å². The van der Waals surface area contributed by atoms with Crippen molar-refractivity contribution in [3.05, 3.63) is 30.1 Å². The fraction of sp³-hybridized carbons (Fsp3) is 0.700. The fourth-order valence-corrected chi connectivity index (χ4v) is 4.32. The molecule has 3 atom stereocenters. The molecule has 1 amide bonds. The van der Waals surface area contributed by atoms with Crippen molar-refractivity contribution >= 4 is 5.91 Å². The van der Waals surface area contributed by atoms with Crippen LogP contribution in [0.5, 0.6) is 0 Å². The van der Waals surface area contributed by atoms with Gasteiger partial charge in [-0.25, -0.2) is 0 Å². The maximum absolute atomic E-state index is 12.4. The monoisotopic (exact) mass is 343 g/mol. The number of nitrogens with zero attached hydrogens (tertiary/aromatic N) is 2. The molecule has 0 aromatic carbocycles. The summed E-state index contributed by atoms with van der Waals surface area (Å²) in [6.07, 6.45) is 8.90.